The predicted octanol–water partition coefficient (Wildman–Crippen LogP) is 1.22. The smallest absolute Gasteiger partial charge is 0.247 e. The van der Waals surface area contributed by atoms with Crippen molar-refractivity contribution >= 4 is 12.0 Å². The van der Waals surface area contributed by atoms with Gasteiger partial charge in [-0.2, -0.15) is 0 Å². The van der Waals surface area contributed by atoms with Gasteiger partial charge in [0.1, 0.15) is 12.3 Å². The van der Waals surface area contributed by atoms with E-state index in [1.165, 1.54) is 10.5 Å². The Hall–Kier alpha value is -2.33. The van der Waals surface area contributed by atoms with Gasteiger partial charge in [0.15, 0.2) is 0 Å². The van der Waals surface area contributed by atoms with Crippen LogP contribution in [0, 0.1) is 0 Å². The van der Waals surface area contributed by atoms with Crippen molar-refractivity contribution < 1.29 is 14.1 Å². The molecule has 1 aliphatic rings. The number of carbonyl (C=O) groups excluding carboxylic acids is 1. The summed E-state index contributed by atoms with van der Waals surface area (Å²) in [7, 11) is 0. The quantitative estimate of drug-likeness (QED) is 0.862. The summed E-state index contributed by atoms with van der Waals surface area (Å²) in [6, 6.07) is 14.2. The maximum atomic E-state index is 12.1. The van der Waals surface area contributed by atoms with E-state index in [2.05, 4.69) is 24.3 Å². The fourth-order valence-corrected chi connectivity index (χ4v) is 2.75. The lowest BCUT2D eigenvalue weighted by atomic mass is 10.2. The van der Waals surface area contributed by atoms with Gasteiger partial charge in [-0.3, -0.25) is 4.79 Å². The lowest BCUT2D eigenvalue weighted by molar-refractivity contribution is -0.917. The molecule has 0 bridgehead atoms. The van der Waals surface area contributed by atoms with E-state index in [1.807, 2.05) is 23.1 Å². The molecule has 1 fully saturated rings. The highest BCUT2D eigenvalue weighted by molar-refractivity contribution is 5.91. The molecule has 0 unspecified atom stereocenters. The molecule has 1 N–H and O–H groups in total. The first-order chi connectivity index (χ1) is 10.8. The first kappa shape index (κ1) is 14.6. The van der Waals surface area contributed by atoms with E-state index in [9.17, 15) is 4.79 Å². The van der Waals surface area contributed by atoms with Crippen molar-refractivity contribution in [1.82, 2.24) is 4.90 Å². The average molecular weight is 297 g/mol. The number of carbonyl (C=O) groups is 1. The maximum Gasteiger partial charge on any atom is 0.247 e. The largest absolute Gasteiger partial charge is 0.465 e. The van der Waals surface area contributed by atoms with Crippen molar-refractivity contribution in [3.05, 3.63) is 66.1 Å². The molecule has 4 heteroatoms. The van der Waals surface area contributed by atoms with Crippen LogP contribution in [0.5, 0.6) is 0 Å². The molecular formula is C18H21N2O2+. The first-order valence-electron chi connectivity index (χ1n) is 7.69. The number of quaternary nitrogens is 1. The molecule has 0 radical (unpaired) electrons. The number of furan rings is 1. The number of nitrogens with one attached hydrogen (secondary N) is 1. The van der Waals surface area contributed by atoms with Gasteiger partial charge < -0.3 is 14.2 Å². The Kier molecular flexibility index (Phi) is 4.71. The summed E-state index contributed by atoms with van der Waals surface area (Å²) in [6.07, 6.45) is 4.93. The number of amides is 1. The van der Waals surface area contributed by atoms with Crippen molar-refractivity contribution in [1.29, 1.82) is 0 Å². The summed E-state index contributed by atoms with van der Waals surface area (Å²) in [5.41, 5.74) is 1.36. The maximum absolute atomic E-state index is 12.1. The molecule has 0 spiro atoms. The van der Waals surface area contributed by atoms with Gasteiger partial charge >= 0.3 is 0 Å². The normalized spacial score (nSPS) is 16.3. The number of benzene rings is 1. The van der Waals surface area contributed by atoms with Crippen LogP contribution in [0.15, 0.2) is 59.2 Å². The third-order valence-corrected chi connectivity index (χ3v) is 4.01. The zero-order valence-corrected chi connectivity index (χ0v) is 12.6. The summed E-state index contributed by atoms with van der Waals surface area (Å²) in [5, 5.41) is 0. The molecule has 1 aromatic carbocycles. The van der Waals surface area contributed by atoms with Gasteiger partial charge in [0.05, 0.1) is 32.4 Å². The Bertz CT molecular complexity index is 612. The van der Waals surface area contributed by atoms with Crippen LogP contribution in [0.2, 0.25) is 0 Å². The van der Waals surface area contributed by atoms with Gasteiger partial charge in [0.25, 0.3) is 0 Å². The summed E-state index contributed by atoms with van der Waals surface area (Å²) in [5.74, 6) is 0.775. The molecule has 1 aliphatic heterocycles. The molecule has 1 aromatic heterocycles. The Morgan fingerprint density at radius 2 is 1.91 bits per heavy atom. The summed E-state index contributed by atoms with van der Waals surface area (Å²) in [4.78, 5) is 15.6. The molecule has 4 nitrogen and oxygen atoms in total. The fraction of sp³-hybridized carbons (Fsp3) is 0.278. The fourth-order valence-electron chi connectivity index (χ4n) is 2.75. The zero-order valence-electron chi connectivity index (χ0n) is 12.6. The molecular weight excluding hydrogens is 276 g/mol. The highest BCUT2D eigenvalue weighted by Crippen LogP contribution is 2.03. The van der Waals surface area contributed by atoms with Crippen LogP contribution in [0.1, 0.15) is 11.3 Å². The van der Waals surface area contributed by atoms with Crippen LogP contribution in [0.3, 0.4) is 0 Å². The minimum atomic E-state index is 0.0650. The summed E-state index contributed by atoms with van der Waals surface area (Å²) >= 11 is 0. The standard InChI is InChI=1S/C18H20N2O2/c21-18(9-8-17-7-4-14-22-17)20-12-10-19(11-13-20)15-16-5-2-1-3-6-16/h1-9,14H,10-13,15H2/p+1/b9-8+. The van der Waals surface area contributed by atoms with Crippen LogP contribution in [-0.4, -0.2) is 37.0 Å². The minimum Gasteiger partial charge on any atom is -0.465 e. The van der Waals surface area contributed by atoms with Crippen LogP contribution >= 0.6 is 0 Å². The number of hydrogen-bond acceptors (Lipinski definition) is 2. The number of hydrogen-bond donors (Lipinski definition) is 1. The average Bonchev–Trinajstić information content (AvgIpc) is 3.08. The molecule has 0 saturated carbocycles. The van der Waals surface area contributed by atoms with Crippen LogP contribution in [0.25, 0.3) is 6.08 Å². The van der Waals surface area contributed by atoms with Crippen LogP contribution in [-0.2, 0) is 11.3 Å². The van der Waals surface area contributed by atoms with Gasteiger partial charge in [0.2, 0.25) is 5.91 Å². The molecule has 1 amide bonds. The van der Waals surface area contributed by atoms with E-state index in [-0.39, 0.29) is 5.91 Å². The molecule has 2 heterocycles. The monoisotopic (exact) mass is 297 g/mol. The molecule has 0 aliphatic carbocycles. The second-order valence-electron chi connectivity index (χ2n) is 5.59. The van der Waals surface area contributed by atoms with Gasteiger partial charge in [-0.15, -0.1) is 0 Å². The molecule has 114 valence electrons. The Morgan fingerprint density at radius 1 is 1.14 bits per heavy atom. The lowest BCUT2D eigenvalue weighted by Gasteiger charge is -2.31. The van der Waals surface area contributed by atoms with E-state index in [0.717, 1.165) is 32.7 Å². The van der Waals surface area contributed by atoms with Gasteiger partial charge in [-0.05, 0) is 18.2 Å². The highest BCUT2D eigenvalue weighted by Gasteiger charge is 2.22. The second-order valence-corrected chi connectivity index (χ2v) is 5.59. The van der Waals surface area contributed by atoms with Crippen molar-refractivity contribution in [2.75, 3.05) is 26.2 Å². The third kappa shape index (κ3) is 3.86. The van der Waals surface area contributed by atoms with E-state index in [1.54, 1.807) is 18.4 Å². The third-order valence-electron chi connectivity index (χ3n) is 4.01. The van der Waals surface area contributed by atoms with Crippen molar-refractivity contribution in [2.24, 2.45) is 0 Å². The van der Waals surface area contributed by atoms with Gasteiger partial charge in [-0.25, -0.2) is 0 Å². The zero-order chi connectivity index (χ0) is 15.2. The Labute approximate surface area is 130 Å². The SMILES string of the molecule is O=C(/C=C/c1ccco1)N1CC[NH+](Cc2ccccc2)CC1. The van der Waals surface area contributed by atoms with Crippen molar-refractivity contribution in [3.63, 3.8) is 0 Å². The van der Waals surface area contributed by atoms with E-state index in [0.29, 0.717) is 5.76 Å². The molecule has 3 rings (SSSR count). The Morgan fingerprint density at radius 3 is 2.59 bits per heavy atom. The first-order valence-corrected chi connectivity index (χ1v) is 7.69. The lowest BCUT2D eigenvalue weighted by Crippen LogP contribution is -3.13. The summed E-state index contributed by atoms with van der Waals surface area (Å²) in [6.45, 7) is 4.64. The van der Waals surface area contributed by atoms with Gasteiger partial charge in [0, 0.05) is 11.6 Å². The predicted molar refractivity (Wildman–Crippen MR) is 85.2 cm³/mol. The molecule has 1 saturated heterocycles. The minimum absolute atomic E-state index is 0.0650. The van der Waals surface area contributed by atoms with E-state index >= 15 is 0 Å². The number of nitrogens with zero attached hydrogens (tertiary/aromatic N) is 1. The van der Waals surface area contributed by atoms with Crippen molar-refractivity contribution in [3.8, 4) is 0 Å². The Balaban J connectivity index is 1.48. The molecule has 22 heavy (non-hydrogen) atoms. The number of rotatable bonds is 4. The van der Waals surface area contributed by atoms with Crippen molar-refractivity contribution in [2.45, 2.75) is 6.54 Å². The van der Waals surface area contributed by atoms with Crippen LogP contribution in [0.4, 0.5) is 0 Å². The van der Waals surface area contributed by atoms with Gasteiger partial charge in [-0.1, -0.05) is 30.3 Å². The van der Waals surface area contributed by atoms with E-state index in [4.69, 9.17) is 4.42 Å². The summed E-state index contributed by atoms with van der Waals surface area (Å²) < 4.78 is 5.19. The topological polar surface area (TPSA) is 37.9 Å². The highest BCUT2D eigenvalue weighted by atomic mass is 16.3. The molecule has 2 aromatic rings. The van der Waals surface area contributed by atoms with E-state index < -0.39 is 0 Å². The molecule has 0 atom stereocenters. The second kappa shape index (κ2) is 7.09. The number of piperazine rings is 1. The van der Waals surface area contributed by atoms with Crippen LogP contribution < -0.4 is 4.90 Å².